The summed E-state index contributed by atoms with van der Waals surface area (Å²) in [6, 6.07) is 15.5. The molecule has 5 heteroatoms. The average molecular weight is 337 g/mol. The number of carbonyl (C=O) groups excluding carboxylic acids is 2. The van der Waals surface area contributed by atoms with Crippen molar-refractivity contribution >= 4 is 28.9 Å². The van der Waals surface area contributed by atoms with Crippen molar-refractivity contribution in [2.75, 3.05) is 29.6 Å². The van der Waals surface area contributed by atoms with Crippen molar-refractivity contribution in [3.63, 3.8) is 0 Å². The quantitative estimate of drug-likeness (QED) is 0.880. The second-order valence-electron chi connectivity index (χ2n) is 6.55. The van der Waals surface area contributed by atoms with E-state index >= 15 is 0 Å². The Hall–Kier alpha value is -2.82. The van der Waals surface area contributed by atoms with Gasteiger partial charge in [-0.15, -0.1) is 0 Å². The molecule has 1 aliphatic rings. The fraction of sp³-hybridized carbons (Fsp3) is 0.300. The van der Waals surface area contributed by atoms with E-state index in [0.29, 0.717) is 19.3 Å². The van der Waals surface area contributed by atoms with Crippen molar-refractivity contribution in [3.8, 4) is 0 Å². The summed E-state index contributed by atoms with van der Waals surface area (Å²) in [5, 5.41) is 5.88. The minimum absolute atomic E-state index is 0.000177. The first kappa shape index (κ1) is 17.0. The normalized spacial score (nSPS) is 15.9. The molecule has 0 bridgehead atoms. The summed E-state index contributed by atoms with van der Waals surface area (Å²) < 4.78 is 0. The average Bonchev–Trinajstić information content (AvgIpc) is 2.60. The Morgan fingerprint density at radius 3 is 2.68 bits per heavy atom. The highest BCUT2D eigenvalue weighted by Gasteiger charge is 2.26. The Kier molecular flexibility index (Phi) is 5.03. The highest BCUT2D eigenvalue weighted by Crippen LogP contribution is 2.28. The van der Waals surface area contributed by atoms with Crippen molar-refractivity contribution in [1.82, 2.24) is 0 Å². The van der Waals surface area contributed by atoms with E-state index in [1.54, 1.807) is 0 Å². The van der Waals surface area contributed by atoms with E-state index in [0.717, 1.165) is 22.6 Å². The minimum atomic E-state index is -0.162. The number of carbonyl (C=O) groups is 2. The summed E-state index contributed by atoms with van der Waals surface area (Å²) in [5.41, 5.74) is 3.76. The fourth-order valence-corrected chi connectivity index (χ4v) is 3.13. The largest absolute Gasteiger partial charge is 0.376 e. The van der Waals surface area contributed by atoms with Crippen LogP contribution in [-0.2, 0) is 16.0 Å². The van der Waals surface area contributed by atoms with Gasteiger partial charge in [0.2, 0.25) is 11.8 Å². The van der Waals surface area contributed by atoms with Crippen LogP contribution in [0.5, 0.6) is 0 Å². The van der Waals surface area contributed by atoms with Gasteiger partial charge in [-0.2, -0.15) is 0 Å². The molecule has 0 radical (unpaired) electrons. The van der Waals surface area contributed by atoms with Gasteiger partial charge >= 0.3 is 0 Å². The van der Waals surface area contributed by atoms with Crippen LogP contribution in [0.15, 0.2) is 48.5 Å². The highest BCUT2D eigenvalue weighted by molar-refractivity contribution is 5.97. The number of benzene rings is 2. The van der Waals surface area contributed by atoms with Crippen LogP contribution in [0.25, 0.3) is 0 Å². The molecule has 2 aromatic carbocycles. The molecule has 3 rings (SSSR count). The number of rotatable bonds is 5. The lowest BCUT2D eigenvalue weighted by atomic mass is 9.89. The smallest absolute Gasteiger partial charge is 0.227 e. The third-order valence-corrected chi connectivity index (χ3v) is 4.49. The third kappa shape index (κ3) is 3.99. The van der Waals surface area contributed by atoms with E-state index in [9.17, 15) is 9.59 Å². The Labute approximate surface area is 148 Å². The molecule has 0 spiro atoms. The Morgan fingerprint density at radius 2 is 1.88 bits per heavy atom. The molecule has 1 unspecified atom stereocenters. The standard InChI is InChI=1S/C20H23N3O2/c1-23(2)18-10-6-5-9-17(18)21-19(24)12-11-15-13-14-7-3-4-8-16(14)22-20(15)25/h3-10,15H,11-13H2,1-2H3,(H,21,24)(H,22,25). The van der Waals surface area contributed by atoms with Crippen molar-refractivity contribution in [3.05, 3.63) is 54.1 Å². The van der Waals surface area contributed by atoms with Gasteiger partial charge in [-0.05, 0) is 36.6 Å². The Bertz CT molecular complexity index is 786. The summed E-state index contributed by atoms with van der Waals surface area (Å²) in [6.07, 6.45) is 1.54. The Morgan fingerprint density at radius 1 is 1.16 bits per heavy atom. The van der Waals surface area contributed by atoms with Crippen LogP contribution < -0.4 is 15.5 Å². The summed E-state index contributed by atoms with van der Waals surface area (Å²) in [4.78, 5) is 26.5. The molecular weight excluding hydrogens is 314 g/mol. The van der Waals surface area contributed by atoms with Crippen molar-refractivity contribution in [1.29, 1.82) is 0 Å². The summed E-state index contributed by atoms with van der Waals surface area (Å²) in [7, 11) is 3.88. The zero-order valence-electron chi connectivity index (χ0n) is 14.6. The number of hydrogen-bond donors (Lipinski definition) is 2. The second kappa shape index (κ2) is 7.38. The number of hydrogen-bond acceptors (Lipinski definition) is 3. The Balaban J connectivity index is 1.59. The molecule has 130 valence electrons. The monoisotopic (exact) mass is 337 g/mol. The maximum absolute atomic E-state index is 12.3. The van der Waals surface area contributed by atoms with Gasteiger partial charge in [0.05, 0.1) is 11.4 Å². The molecule has 1 atom stereocenters. The lowest BCUT2D eigenvalue weighted by Crippen LogP contribution is -2.30. The molecule has 0 saturated heterocycles. The number of fused-ring (bicyclic) bond motifs is 1. The van der Waals surface area contributed by atoms with Crippen LogP contribution >= 0.6 is 0 Å². The number of nitrogens with one attached hydrogen (secondary N) is 2. The van der Waals surface area contributed by atoms with E-state index in [2.05, 4.69) is 10.6 Å². The molecule has 5 nitrogen and oxygen atoms in total. The number of nitrogens with zero attached hydrogens (tertiary/aromatic N) is 1. The van der Waals surface area contributed by atoms with Crippen LogP contribution in [-0.4, -0.2) is 25.9 Å². The van der Waals surface area contributed by atoms with Crippen LogP contribution in [0.1, 0.15) is 18.4 Å². The maximum Gasteiger partial charge on any atom is 0.227 e. The van der Waals surface area contributed by atoms with Gasteiger partial charge in [0.15, 0.2) is 0 Å². The van der Waals surface area contributed by atoms with Crippen LogP contribution in [0, 0.1) is 5.92 Å². The molecule has 25 heavy (non-hydrogen) atoms. The van der Waals surface area contributed by atoms with Crippen molar-refractivity contribution in [2.24, 2.45) is 5.92 Å². The van der Waals surface area contributed by atoms with Gasteiger partial charge < -0.3 is 15.5 Å². The van der Waals surface area contributed by atoms with E-state index in [1.807, 2.05) is 67.5 Å². The molecule has 0 aliphatic carbocycles. The SMILES string of the molecule is CN(C)c1ccccc1NC(=O)CCC1Cc2ccccc2NC1=O. The highest BCUT2D eigenvalue weighted by atomic mass is 16.2. The van der Waals surface area contributed by atoms with Gasteiger partial charge in [0, 0.05) is 32.1 Å². The van der Waals surface area contributed by atoms with Gasteiger partial charge in [-0.25, -0.2) is 0 Å². The second-order valence-corrected chi connectivity index (χ2v) is 6.55. The molecule has 1 aliphatic heterocycles. The van der Waals surface area contributed by atoms with Gasteiger partial charge in [-0.1, -0.05) is 30.3 Å². The molecule has 2 N–H and O–H groups in total. The lowest BCUT2D eigenvalue weighted by Gasteiger charge is -2.24. The van der Waals surface area contributed by atoms with E-state index in [-0.39, 0.29) is 17.7 Å². The predicted molar refractivity (Wildman–Crippen MR) is 101 cm³/mol. The lowest BCUT2D eigenvalue weighted by molar-refractivity contribution is -0.121. The molecule has 0 fully saturated rings. The first-order valence-corrected chi connectivity index (χ1v) is 8.49. The van der Waals surface area contributed by atoms with Crippen molar-refractivity contribution in [2.45, 2.75) is 19.3 Å². The fourth-order valence-electron chi connectivity index (χ4n) is 3.13. The maximum atomic E-state index is 12.3. The molecule has 0 saturated carbocycles. The molecule has 0 aromatic heterocycles. The van der Waals surface area contributed by atoms with Crippen LogP contribution in [0.3, 0.4) is 0 Å². The summed E-state index contributed by atoms with van der Waals surface area (Å²) >= 11 is 0. The van der Waals surface area contributed by atoms with Gasteiger partial charge in [0.1, 0.15) is 0 Å². The zero-order chi connectivity index (χ0) is 17.8. The molecule has 1 heterocycles. The summed E-state index contributed by atoms with van der Waals surface area (Å²) in [6.45, 7) is 0. The van der Waals surface area contributed by atoms with Gasteiger partial charge in [0.25, 0.3) is 0 Å². The van der Waals surface area contributed by atoms with E-state index in [4.69, 9.17) is 0 Å². The van der Waals surface area contributed by atoms with E-state index in [1.165, 1.54) is 0 Å². The first-order chi connectivity index (χ1) is 12.0. The third-order valence-electron chi connectivity index (χ3n) is 4.49. The van der Waals surface area contributed by atoms with Crippen molar-refractivity contribution < 1.29 is 9.59 Å². The molecule has 2 amide bonds. The number of anilines is 3. The minimum Gasteiger partial charge on any atom is -0.376 e. The van der Waals surface area contributed by atoms with Gasteiger partial charge in [-0.3, -0.25) is 9.59 Å². The topological polar surface area (TPSA) is 61.4 Å². The first-order valence-electron chi connectivity index (χ1n) is 8.49. The molecular formula is C20H23N3O2. The number of amides is 2. The van der Waals surface area contributed by atoms with E-state index < -0.39 is 0 Å². The summed E-state index contributed by atoms with van der Waals surface area (Å²) in [5.74, 6) is -0.231. The number of para-hydroxylation sites is 3. The predicted octanol–water partition coefficient (Wildman–Crippen LogP) is 3.28. The van der Waals surface area contributed by atoms with Crippen LogP contribution in [0.2, 0.25) is 0 Å². The van der Waals surface area contributed by atoms with Crippen LogP contribution in [0.4, 0.5) is 17.1 Å². The zero-order valence-corrected chi connectivity index (χ0v) is 14.6. The molecule has 2 aromatic rings.